The molecule has 0 unspecified atom stereocenters. The van der Waals surface area contributed by atoms with E-state index in [9.17, 15) is 8.42 Å². The summed E-state index contributed by atoms with van der Waals surface area (Å²) in [6, 6.07) is 8.30. The van der Waals surface area contributed by atoms with E-state index < -0.39 is 10.0 Å². The van der Waals surface area contributed by atoms with Gasteiger partial charge in [-0.05, 0) is 52.0 Å². The molecule has 1 N–H and O–H groups in total. The maximum Gasteiger partial charge on any atom is 0.265 e. The number of hydrogen-bond acceptors (Lipinski definition) is 7. The lowest BCUT2D eigenvalue weighted by molar-refractivity contribution is 0.459. The van der Waals surface area contributed by atoms with Gasteiger partial charge in [-0.25, -0.2) is 18.4 Å². The summed E-state index contributed by atoms with van der Waals surface area (Å²) in [4.78, 5) is 13.1. The summed E-state index contributed by atoms with van der Waals surface area (Å²) in [7, 11) is -2.06. The molecule has 0 radical (unpaired) electrons. The molecule has 0 aliphatic rings. The highest BCUT2D eigenvalue weighted by Crippen LogP contribution is 2.26. The number of anilines is 1. The Hall–Kier alpha value is -3.73. The van der Waals surface area contributed by atoms with Crippen LogP contribution in [0.2, 0.25) is 0 Å². The fraction of sp³-hybridized carbons (Fsp3) is 0.238. The first-order valence-corrected chi connectivity index (χ1v) is 11.3. The van der Waals surface area contributed by atoms with Gasteiger partial charge in [-0.15, -0.1) is 0 Å². The smallest absolute Gasteiger partial charge is 0.265 e. The van der Waals surface area contributed by atoms with Crippen molar-refractivity contribution in [3.8, 4) is 17.4 Å². The van der Waals surface area contributed by atoms with Crippen LogP contribution in [0, 0.1) is 27.7 Å². The maximum absolute atomic E-state index is 12.8. The lowest BCUT2D eigenvalue weighted by atomic mass is 10.3. The minimum Gasteiger partial charge on any atom is -0.439 e. The van der Waals surface area contributed by atoms with E-state index in [0.717, 1.165) is 5.82 Å². The van der Waals surface area contributed by atoms with Gasteiger partial charge in [0.05, 0.1) is 11.4 Å². The largest absolute Gasteiger partial charge is 0.439 e. The first kappa shape index (κ1) is 21.5. The Labute approximate surface area is 186 Å². The predicted octanol–water partition coefficient (Wildman–Crippen LogP) is 3.22. The number of hydrogen-bond donors (Lipinski definition) is 1. The van der Waals surface area contributed by atoms with Crippen LogP contribution < -0.4 is 9.46 Å². The van der Waals surface area contributed by atoms with Gasteiger partial charge in [0, 0.05) is 31.2 Å². The van der Waals surface area contributed by atoms with Crippen LogP contribution in [0.3, 0.4) is 0 Å². The third-order valence-electron chi connectivity index (χ3n) is 4.91. The summed E-state index contributed by atoms with van der Waals surface area (Å²) >= 11 is 0. The average molecular weight is 454 g/mol. The Bertz CT molecular complexity index is 1390. The zero-order chi connectivity index (χ0) is 23.0. The maximum atomic E-state index is 12.8. The molecule has 0 aliphatic heterocycles. The number of aromatic nitrogens is 6. The van der Waals surface area contributed by atoms with Gasteiger partial charge < -0.3 is 4.74 Å². The molecular formula is C21H23N7O3S. The highest BCUT2D eigenvalue weighted by atomic mass is 32.2. The van der Waals surface area contributed by atoms with Crippen molar-refractivity contribution in [3.05, 3.63) is 65.8 Å². The van der Waals surface area contributed by atoms with Gasteiger partial charge in [-0.3, -0.25) is 14.0 Å². The van der Waals surface area contributed by atoms with Crippen molar-refractivity contribution >= 4 is 15.7 Å². The average Bonchev–Trinajstić information content (AvgIpc) is 3.25. The summed E-state index contributed by atoms with van der Waals surface area (Å²) in [6.07, 6.45) is 3.51. The van der Waals surface area contributed by atoms with Crippen molar-refractivity contribution in [3.63, 3.8) is 0 Å². The minimum atomic E-state index is -3.77. The van der Waals surface area contributed by atoms with E-state index in [2.05, 4.69) is 24.8 Å². The van der Waals surface area contributed by atoms with E-state index in [4.69, 9.17) is 4.74 Å². The van der Waals surface area contributed by atoms with E-state index in [1.54, 1.807) is 69.0 Å². The predicted molar refractivity (Wildman–Crippen MR) is 119 cm³/mol. The van der Waals surface area contributed by atoms with E-state index in [-0.39, 0.29) is 4.90 Å². The van der Waals surface area contributed by atoms with Crippen LogP contribution in [0.5, 0.6) is 11.6 Å². The molecule has 4 rings (SSSR count). The molecule has 0 atom stereocenters. The summed E-state index contributed by atoms with van der Waals surface area (Å²) in [5.74, 6) is 2.87. The Morgan fingerprint density at radius 3 is 2.34 bits per heavy atom. The number of nitrogens with one attached hydrogen (secondary N) is 1. The van der Waals surface area contributed by atoms with Crippen molar-refractivity contribution in [2.24, 2.45) is 7.05 Å². The van der Waals surface area contributed by atoms with Gasteiger partial charge in [0.25, 0.3) is 10.0 Å². The Morgan fingerprint density at radius 1 is 1.03 bits per heavy atom. The lowest BCUT2D eigenvalue weighted by Gasteiger charge is -2.11. The van der Waals surface area contributed by atoms with Gasteiger partial charge >= 0.3 is 0 Å². The van der Waals surface area contributed by atoms with E-state index >= 15 is 0 Å². The second-order valence-electron chi connectivity index (χ2n) is 7.31. The molecule has 0 amide bonds. The van der Waals surface area contributed by atoms with Crippen molar-refractivity contribution in [1.82, 2.24) is 29.3 Å². The number of benzene rings is 1. The van der Waals surface area contributed by atoms with Crippen molar-refractivity contribution in [2.75, 3.05) is 4.72 Å². The van der Waals surface area contributed by atoms with Gasteiger partial charge in [-0.1, -0.05) is 0 Å². The molecule has 0 saturated carbocycles. The van der Waals surface area contributed by atoms with E-state index in [1.165, 1.54) is 0 Å². The molecule has 166 valence electrons. The summed E-state index contributed by atoms with van der Waals surface area (Å²) in [5, 5.41) is 4.18. The SMILES string of the molecule is Cc1nc(Oc2ccc(NS(=O)(=O)c3c(C)nn(C)c3C)cc2)cc(-n2ccnc2C)n1. The normalized spacial score (nSPS) is 11.5. The quantitative estimate of drug-likeness (QED) is 0.476. The number of imidazole rings is 1. The number of ether oxygens (including phenoxy) is 1. The molecule has 0 fully saturated rings. The second-order valence-corrected chi connectivity index (χ2v) is 8.93. The molecule has 32 heavy (non-hydrogen) atoms. The fourth-order valence-electron chi connectivity index (χ4n) is 3.38. The second kappa shape index (κ2) is 8.08. The Balaban J connectivity index is 1.54. The van der Waals surface area contributed by atoms with Crippen LogP contribution in [0.25, 0.3) is 5.82 Å². The first-order chi connectivity index (χ1) is 15.1. The molecular weight excluding hydrogens is 430 g/mol. The number of aryl methyl sites for hydroxylation is 4. The van der Waals surface area contributed by atoms with Gasteiger partial charge in [-0.2, -0.15) is 10.1 Å². The zero-order valence-electron chi connectivity index (χ0n) is 18.4. The fourth-order valence-corrected chi connectivity index (χ4v) is 4.88. The van der Waals surface area contributed by atoms with Crippen LogP contribution in [-0.2, 0) is 17.1 Å². The van der Waals surface area contributed by atoms with Gasteiger partial charge in [0.1, 0.15) is 28.1 Å². The van der Waals surface area contributed by atoms with Crippen LogP contribution in [0.1, 0.15) is 23.0 Å². The minimum absolute atomic E-state index is 0.180. The summed E-state index contributed by atoms with van der Waals surface area (Å²) < 4.78 is 37.5. The number of sulfonamides is 1. The van der Waals surface area contributed by atoms with Crippen LogP contribution in [0.4, 0.5) is 5.69 Å². The molecule has 0 spiro atoms. The van der Waals surface area contributed by atoms with Crippen molar-refractivity contribution in [1.29, 1.82) is 0 Å². The third-order valence-corrected chi connectivity index (χ3v) is 6.55. The molecule has 3 heterocycles. The monoisotopic (exact) mass is 453 g/mol. The highest BCUT2D eigenvalue weighted by molar-refractivity contribution is 7.92. The summed E-state index contributed by atoms with van der Waals surface area (Å²) in [5.41, 5.74) is 1.42. The number of rotatable bonds is 6. The van der Waals surface area contributed by atoms with Gasteiger partial charge in [0.2, 0.25) is 5.88 Å². The molecule has 1 aromatic carbocycles. The topological polar surface area (TPSA) is 117 Å². The summed E-state index contributed by atoms with van der Waals surface area (Å²) in [6.45, 7) is 7.05. The standard InChI is InChI=1S/C21H23N7O3S/c1-13-21(14(2)27(5)25-13)32(29,30)26-17-6-8-18(9-7-17)31-20-12-19(23-15(3)24-20)28-11-10-22-16(28)4/h6-12,26H,1-5H3. The van der Waals surface area contributed by atoms with Crippen molar-refractivity contribution < 1.29 is 13.2 Å². The van der Waals surface area contributed by atoms with Gasteiger partial charge in [0.15, 0.2) is 0 Å². The Morgan fingerprint density at radius 2 is 1.75 bits per heavy atom. The Kier molecular flexibility index (Phi) is 5.43. The molecule has 0 bridgehead atoms. The van der Waals surface area contributed by atoms with Crippen LogP contribution in [-0.4, -0.2) is 37.7 Å². The molecule has 10 nitrogen and oxygen atoms in total. The molecule has 3 aromatic heterocycles. The molecule has 0 saturated heterocycles. The van der Waals surface area contributed by atoms with Crippen LogP contribution >= 0.6 is 0 Å². The molecule has 11 heteroatoms. The highest BCUT2D eigenvalue weighted by Gasteiger charge is 2.23. The number of nitrogens with zero attached hydrogens (tertiary/aromatic N) is 6. The van der Waals surface area contributed by atoms with E-state index in [0.29, 0.717) is 40.3 Å². The zero-order valence-corrected chi connectivity index (χ0v) is 19.2. The molecule has 0 aliphatic carbocycles. The van der Waals surface area contributed by atoms with E-state index in [1.807, 2.05) is 17.7 Å². The lowest BCUT2D eigenvalue weighted by Crippen LogP contribution is -2.14. The first-order valence-electron chi connectivity index (χ1n) is 9.81. The van der Waals surface area contributed by atoms with Crippen LogP contribution in [0.15, 0.2) is 47.6 Å². The third kappa shape index (κ3) is 4.19. The van der Waals surface area contributed by atoms with Crippen molar-refractivity contribution in [2.45, 2.75) is 32.6 Å². The molecule has 4 aromatic rings.